The molecule has 676 valence electrons. The molecule has 0 bridgehead atoms. The Morgan fingerprint density at radius 1 is 0.228 bits per heavy atom. The molecule has 24 nitrogen and oxygen atoms in total. The van der Waals surface area contributed by atoms with Crippen molar-refractivity contribution >= 4 is 83.0 Å². The van der Waals surface area contributed by atoms with Crippen LogP contribution in [0.5, 0.6) is 97.7 Å². The molecule has 0 fully saturated rings. The number of phenols is 6. The molecule has 0 saturated carbocycles. The molecule has 0 aromatic heterocycles. The lowest BCUT2D eigenvalue weighted by molar-refractivity contribution is 0.101. The number of ketones is 7. The van der Waals surface area contributed by atoms with Crippen molar-refractivity contribution in [1.82, 2.24) is 0 Å². The second-order valence-corrected chi connectivity index (χ2v) is 30.8. The van der Waals surface area contributed by atoms with Crippen molar-refractivity contribution in [3.63, 3.8) is 0 Å². The standard InChI is InChI=1S/C18H16O4.C17H14O4.C16H12O4.C16H12O3.3C15H10O3/c1-11-8-12(10-16(20-2)18(11)21-3)9-15-17(19)13-6-4-5-7-14(13)22-15;1-10-6-7-13-12(8-10)17(19)15(21-13)9-11-4-3-5-14(20-2)16(11)18;1-19-13-8-4-5-10(15(13)17)9-14-16(18)11-6-2-3-7-12(11)20-14;1-10-2-7-14-13(8-10)16(18)15(19-14)9-11-3-5-12(17)6-4-11;16-12-7-3-1-5-10(12)9-14-15(17)11-6-2-4-8-13(11)18-14;16-11-5-3-4-10(8-11)9-14-15(17)12-6-1-2-7-13(12)18-14;16-11-7-5-10(6-8-11)9-14-15(17)12-3-1-2-4-13(12)18-14/h4-10H,1-3H3;3-9,18H,1-2H3;2-9,17H,1H3;2-9,17H,1H3;3*1-9,16H/b2*15-9-;14-9-;15-9-;3*14-9-. The van der Waals surface area contributed by atoms with Gasteiger partial charge >= 0.3 is 0 Å². The van der Waals surface area contributed by atoms with Crippen molar-refractivity contribution in [3.8, 4) is 97.7 Å². The summed E-state index contributed by atoms with van der Waals surface area (Å²) in [6.45, 7) is 5.79. The van der Waals surface area contributed by atoms with Crippen LogP contribution >= 0.6 is 0 Å². The lowest BCUT2D eigenvalue weighted by Gasteiger charge is -2.11. The van der Waals surface area contributed by atoms with E-state index in [0.717, 1.165) is 38.9 Å². The number of methoxy groups -OCH3 is 4. The fraction of sp³-hybridized carbons (Fsp3) is 0.0625. The van der Waals surface area contributed by atoms with Gasteiger partial charge in [0.25, 0.3) is 0 Å². The molecular weight excluding hydrogens is 1730 g/mol. The first-order chi connectivity index (χ1) is 65.8. The molecule has 0 amide bonds. The summed E-state index contributed by atoms with van der Waals surface area (Å²) in [6, 6.07) is 87.2. The molecule has 24 heteroatoms. The number of ether oxygens (including phenoxy) is 11. The van der Waals surface area contributed by atoms with Crippen molar-refractivity contribution in [3.05, 3.63) is 438 Å². The number of aromatic hydroxyl groups is 6. The van der Waals surface area contributed by atoms with Crippen molar-refractivity contribution in [1.29, 1.82) is 0 Å². The fourth-order valence-electron chi connectivity index (χ4n) is 14.6. The van der Waals surface area contributed by atoms with Crippen molar-refractivity contribution < 1.29 is 116 Å². The van der Waals surface area contributed by atoms with Gasteiger partial charge in [-0.2, -0.15) is 0 Å². The van der Waals surface area contributed by atoms with Crippen LogP contribution in [0, 0.1) is 20.8 Å². The number of Topliss-reactive ketones (excluding diaryl/α,β-unsaturated/α-hetero) is 7. The number of allylic oxidation sites excluding steroid dienone is 7. The second-order valence-electron chi connectivity index (χ2n) is 30.8. The van der Waals surface area contributed by atoms with E-state index in [1.165, 1.54) is 26.4 Å². The van der Waals surface area contributed by atoms with Crippen LogP contribution in [0.4, 0.5) is 0 Å². The molecule has 0 atom stereocenters. The Morgan fingerprint density at radius 2 is 0.529 bits per heavy atom. The minimum atomic E-state index is -0.192. The Hall–Kier alpha value is -18.5. The van der Waals surface area contributed by atoms with Gasteiger partial charge in [-0.3, -0.25) is 33.6 Å². The maximum Gasteiger partial charge on any atom is 0.231 e. The summed E-state index contributed by atoms with van der Waals surface area (Å²) in [7, 11) is 6.13. The SMILES string of the molecule is COc1cc(/C=C2\Oc3ccccc3C2=O)cc(C)c1OC.COc1cccc(/C=C2\Oc3ccc(C)cc3C2=O)c1O.COc1cccc(/C=C2\Oc3ccccc3C2=O)c1O.Cc1ccc2c(c1)C(=O)/C(=C/c1ccc(O)cc1)O2.O=C1/C(=C/c2ccc(O)cc2)Oc2ccccc21.O=C1/C(=C/c2cccc(O)c2)Oc2ccccc21.O=C1/C(=C/c2ccccc2O)Oc2ccccc21. The van der Waals surface area contributed by atoms with Crippen LogP contribution in [0.15, 0.2) is 344 Å². The van der Waals surface area contributed by atoms with Crippen molar-refractivity contribution in [2.75, 3.05) is 28.4 Å². The minimum absolute atomic E-state index is 0.0176. The van der Waals surface area contributed by atoms with E-state index < -0.39 is 0 Å². The zero-order chi connectivity index (χ0) is 95.8. The third kappa shape index (κ3) is 21.2. The molecule has 136 heavy (non-hydrogen) atoms. The zero-order valence-electron chi connectivity index (χ0n) is 73.9. The highest BCUT2D eigenvalue weighted by Gasteiger charge is 2.34. The number of carbonyl (C=O) groups excluding carboxylic acids is 7. The molecule has 6 N–H and O–H groups in total. The summed E-state index contributed by atoms with van der Waals surface area (Å²) in [5.41, 5.74) is 11.6. The van der Waals surface area contributed by atoms with Crippen molar-refractivity contribution in [2.45, 2.75) is 20.8 Å². The predicted octanol–water partition coefficient (Wildman–Crippen LogP) is 22.3. The van der Waals surface area contributed by atoms with Crippen LogP contribution in [0.2, 0.25) is 0 Å². The Kier molecular flexibility index (Phi) is 28.2. The topological polar surface area (TPSA) is 342 Å². The third-order valence-corrected chi connectivity index (χ3v) is 21.4. The quantitative estimate of drug-likeness (QED) is 0.0655. The molecule has 14 aromatic carbocycles. The highest BCUT2D eigenvalue weighted by Crippen LogP contribution is 2.43. The molecule has 0 radical (unpaired) electrons. The van der Waals surface area contributed by atoms with Crippen LogP contribution in [-0.2, 0) is 0 Å². The van der Waals surface area contributed by atoms with Crippen molar-refractivity contribution in [2.24, 2.45) is 0 Å². The number of rotatable bonds is 11. The first-order valence-corrected chi connectivity index (χ1v) is 42.2. The normalized spacial score (nSPS) is 15.2. The van der Waals surface area contributed by atoms with Crippen LogP contribution in [0.25, 0.3) is 42.5 Å². The number of phenolic OH excluding ortho intramolecular Hbond substituents is 6. The molecule has 21 rings (SSSR count). The van der Waals surface area contributed by atoms with Gasteiger partial charge in [0.1, 0.15) is 63.2 Å². The number of hydrogen-bond acceptors (Lipinski definition) is 24. The average molecular weight is 1810 g/mol. The Bertz CT molecular complexity index is 7300. The van der Waals surface area contributed by atoms with Gasteiger partial charge in [0.05, 0.1) is 67.4 Å². The fourth-order valence-corrected chi connectivity index (χ4v) is 14.6. The second kappa shape index (κ2) is 41.5. The number of benzene rings is 14. The van der Waals surface area contributed by atoms with Gasteiger partial charge in [-0.1, -0.05) is 163 Å². The largest absolute Gasteiger partial charge is 0.508 e. The molecule has 7 aliphatic rings. The van der Waals surface area contributed by atoms with Crippen LogP contribution in [0.1, 0.15) is 128 Å². The van der Waals surface area contributed by atoms with E-state index in [1.807, 2.05) is 87.5 Å². The number of hydrogen-bond donors (Lipinski definition) is 6. The summed E-state index contributed by atoms with van der Waals surface area (Å²) in [6.07, 6.45) is 11.3. The number of aryl methyl sites for hydroxylation is 3. The monoisotopic (exact) mass is 1810 g/mol. The summed E-state index contributed by atoms with van der Waals surface area (Å²) in [5.74, 6) is 7.47. The number of fused-ring (bicyclic) bond motifs is 7. The van der Waals surface area contributed by atoms with Gasteiger partial charge in [0, 0.05) is 16.7 Å². The van der Waals surface area contributed by atoms with Gasteiger partial charge in [-0.05, 0) is 243 Å². The van der Waals surface area contributed by atoms with Gasteiger partial charge < -0.3 is 82.7 Å². The molecule has 7 heterocycles. The molecule has 0 spiro atoms. The van der Waals surface area contributed by atoms with E-state index in [9.17, 15) is 64.2 Å². The van der Waals surface area contributed by atoms with Crippen LogP contribution < -0.4 is 52.1 Å². The Labute approximate surface area is 780 Å². The molecule has 0 aliphatic carbocycles. The highest BCUT2D eigenvalue weighted by molar-refractivity contribution is 6.19. The Balaban J connectivity index is 0.000000121. The summed E-state index contributed by atoms with van der Waals surface area (Å²) in [4.78, 5) is 85.1. The average Bonchev–Trinajstić information content (AvgIpc) is 1.57. The number of para-hydroxylation sites is 8. The maximum atomic E-state index is 12.3. The van der Waals surface area contributed by atoms with Crippen LogP contribution in [0.3, 0.4) is 0 Å². The predicted molar refractivity (Wildman–Crippen MR) is 511 cm³/mol. The Morgan fingerprint density at radius 3 is 0.875 bits per heavy atom. The zero-order valence-corrected chi connectivity index (χ0v) is 73.9. The minimum Gasteiger partial charge on any atom is -0.508 e. The first-order valence-electron chi connectivity index (χ1n) is 42.2. The number of carbonyl (C=O) groups is 7. The highest BCUT2D eigenvalue weighted by atomic mass is 16.5. The van der Waals surface area contributed by atoms with E-state index >= 15 is 0 Å². The summed E-state index contributed by atoms with van der Waals surface area (Å²) >= 11 is 0. The van der Waals surface area contributed by atoms with Crippen LogP contribution in [-0.4, -0.2) is 99.6 Å². The smallest absolute Gasteiger partial charge is 0.231 e. The molecule has 0 saturated heterocycles. The maximum absolute atomic E-state index is 12.3. The van der Waals surface area contributed by atoms with E-state index in [2.05, 4.69) is 0 Å². The van der Waals surface area contributed by atoms with Gasteiger partial charge in [-0.15, -0.1) is 0 Å². The molecule has 0 unspecified atom stereocenters. The van der Waals surface area contributed by atoms with Gasteiger partial charge in [0.15, 0.2) is 74.8 Å². The lowest BCUT2D eigenvalue weighted by Crippen LogP contribution is -1.99. The first kappa shape index (κ1) is 92.3. The molecular formula is C112H84O24. The molecule has 14 aromatic rings. The lowest BCUT2D eigenvalue weighted by atomic mass is 10.1. The van der Waals surface area contributed by atoms with E-state index in [-0.39, 0.29) is 98.0 Å². The van der Waals surface area contributed by atoms with E-state index in [0.29, 0.717) is 136 Å². The van der Waals surface area contributed by atoms with E-state index in [1.54, 1.807) is 281 Å². The van der Waals surface area contributed by atoms with Gasteiger partial charge in [0.2, 0.25) is 40.5 Å². The van der Waals surface area contributed by atoms with Gasteiger partial charge in [-0.25, -0.2) is 0 Å². The molecule has 7 aliphatic heterocycles. The summed E-state index contributed by atoms with van der Waals surface area (Å²) < 4.78 is 59.5. The summed E-state index contributed by atoms with van der Waals surface area (Å²) in [5, 5.41) is 57.5. The third-order valence-electron chi connectivity index (χ3n) is 21.4. The van der Waals surface area contributed by atoms with E-state index in [4.69, 9.17) is 52.1 Å².